The van der Waals surface area contributed by atoms with Crippen LogP contribution in [-0.4, -0.2) is 58.5 Å². The monoisotopic (exact) mass is 433 g/mol. The molecule has 1 aliphatic rings. The van der Waals surface area contributed by atoms with Crippen LogP contribution in [0.15, 0.2) is 18.2 Å². The summed E-state index contributed by atoms with van der Waals surface area (Å²) in [7, 11) is 0. The van der Waals surface area contributed by atoms with Gasteiger partial charge in [-0.2, -0.15) is 26.3 Å². The fraction of sp³-hybridized carbons (Fsp3) is 0.562. The molecule has 1 saturated heterocycles. The van der Waals surface area contributed by atoms with Crippen molar-refractivity contribution >= 4 is 5.91 Å². The Morgan fingerprint density at radius 3 is 2.00 bits per heavy atom. The lowest BCUT2D eigenvalue weighted by atomic mass is 9.97. The van der Waals surface area contributed by atoms with E-state index in [-0.39, 0.29) is 18.2 Å². The summed E-state index contributed by atoms with van der Waals surface area (Å²) in [4.78, 5) is 11.3. The molecule has 5 atom stereocenters. The normalized spacial score (nSPS) is 28.1. The Balaban J connectivity index is 2.43. The van der Waals surface area contributed by atoms with Crippen LogP contribution in [0.5, 0.6) is 5.75 Å². The minimum absolute atomic E-state index is 0.102. The molecule has 4 N–H and O–H groups in total. The molecule has 0 bridgehead atoms. The maximum Gasteiger partial charge on any atom is 0.416 e. The van der Waals surface area contributed by atoms with Gasteiger partial charge in [-0.3, -0.25) is 4.79 Å². The van der Waals surface area contributed by atoms with Crippen molar-refractivity contribution in [3.05, 3.63) is 29.3 Å². The third-order valence-corrected chi connectivity index (χ3v) is 4.06. The third-order valence-electron chi connectivity index (χ3n) is 4.06. The van der Waals surface area contributed by atoms with Crippen molar-refractivity contribution in [2.75, 3.05) is 6.61 Å². The van der Waals surface area contributed by atoms with Gasteiger partial charge in [0.15, 0.2) is 0 Å². The van der Waals surface area contributed by atoms with Crippen LogP contribution in [0.2, 0.25) is 0 Å². The van der Waals surface area contributed by atoms with Crippen molar-refractivity contribution < 1.29 is 55.9 Å². The smallest absolute Gasteiger partial charge is 0.416 e. The summed E-state index contributed by atoms with van der Waals surface area (Å²) < 4.78 is 88.1. The lowest BCUT2D eigenvalue weighted by molar-refractivity contribution is -0.244. The fourth-order valence-electron chi connectivity index (χ4n) is 2.70. The summed E-state index contributed by atoms with van der Waals surface area (Å²) in [6.45, 7) is 0.168. The molecule has 0 radical (unpaired) electrons. The van der Waals surface area contributed by atoms with Gasteiger partial charge in [-0.25, -0.2) is 0 Å². The van der Waals surface area contributed by atoms with Gasteiger partial charge in [-0.1, -0.05) is 0 Å². The molecule has 13 heteroatoms. The molecule has 1 aromatic rings. The van der Waals surface area contributed by atoms with Gasteiger partial charge in [-0.05, 0) is 18.2 Å². The summed E-state index contributed by atoms with van der Waals surface area (Å²) in [6, 6.07) is -1.08. The highest BCUT2D eigenvalue weighted by Crippen LogP contribution is 2.39. The third kappa shape index (κ3) is 5.50. The summed E-state index contributed by atoms with van der Waals surface area (Å²) in [6.07, 6.45) is -17.0. The average Bonchev–Trinajstić information content (AvgIpc) is 2.59. The second kappa shape index (κ2) is 8.34. The fourth-order valence-corrected chi connectivity index (χ4v) is 2.70. The van der Waals surface area contributed by atoms with E-state index in [1.807, 2.05) is 0 Å². The van der Waals surface area contributed by atoms with Gasteiger partial charge >= 0.3 is 12.4 Å². The SMILES string of the molecule is CC(=O)N[C@@H]1[C@@H](Oc2cc(C(F)(F)F)cc(C(F)(F)F)c2)O[C@@H](CO)[C@@H](O)[C@H]1O. The highest BCUT2D eigenvalue weighted by atomic mass is 19.4. The maximum atomic E-state index is 13.0. The Kier molecular flexibility index (Phi) is 6.67. The van der Waals surface area contributed by atoms with Crippen LogP contribution in [0.25, 0.3) is 0 Å². The summed E-state index contributed by atoms with van der Waals surface area (Å²) in [5.41, 5.74) is -3.29. The van der Waals surface area contributed by atoms with E-state index in [0.29, 0.717) is 0 Å². The summed E-state index contributed by atoms with van der Waals surface area (Å²) >= 11 is 0. The van der Waals surface area contributed by atoms with Gasteiger partial charge in [0.2, 0.25) is 12.2 Å². The van der Waals surface area contributed by atoms with Gasteiger partial charge < -0.3 is 30.1 Å². The molecule has 29 heavy (non-hydrogen) atoms. The Bertz CT molecular complexity index is 707. The van der Waals surface area contributed by atoms with Crippen LogP contribution < -0.4 is 10.1 Å². The number of rotatable bonds is 4. The largest absolute Gasteiger partial charge is 0.463 e. The highest BCUT2D eigenvalue weighted by molar-refractivity contribution is 5.73. The number of amides is 1. The molecular formula is C16H17F6NO6. The first kappa shape index (κ1) is 23.2. The lowest BCUT2D eigenvalue weighted by Gasteiger charge is -2.42. The van der Waals surface area contributed by atoms with Crippen LogP contribution >= 0.6 is 0 Å². The number of carbonyl (C=O) groups is 1. The van der Waals surface area contributed by atoms with Gasteiger partial charge in [0.1, 0.15) is 30.1 Å². The van der Waals surface area contributed by atoms with Crippen LogP contribution in [-0.2, 0) is 21.9 Å². The zero-order valence-corrected chi connectivity index (χ0v) is 14.7. The van der Waals surface area contributed by atoms with Crippen LogP contribution in [0.4, 0.5) is 26.3 Å². The zero-order chi connectivity index (χ0) is 22.1. The Hall–Kier alpha value is -2.09. The molecule has 164 valence electrons. The molecule has 1 amide bonds. The summed E-state index contributed by atoms with van der Waals surface area (Å²) in [5, 5.41) is 31.3. The van der Waals surface area contributed by atoms with Crippen molar-refractivity contribution in [3.63, 3.8) is 0 Å². The molecule has 0 saturated carbocycles. The molecule has 1 heterocycles. The second-order valence-electron chi connectivity index (χ2n) is 6.29. The van der Waals surface area contributed by atoms with Crippen LogP contribution in [0, 0.1) is 0 Å². The molecular weight excluding hydrogens is 416 g/mol. The molecule has 0 aromatic heterocycles. The number of halogens is 6. The molecule has 0 aliphatic carbocycles. The minimum atomic E-state index is -5.12. The first-order valence-electron chi connectivity index (χ1n) is 8.09. The number of aliphatic hydroxyl groups excluding tert-OH is 3. The van der Waals surface area contributed by atoms with Crippen molar-refractivity contribution in [2.24, 2.45) is 0 Å². The maximum absolute atomic E-state index is 13.0. The lowest BCUT2D eigenvalue weighted by Crippen LogP contribution is -2.65. The Labute approximate surface area is 159 Å². The first-order valence-corrected chi connectivity index (χ1v) is 8.09. The first-order chi connectivity index (χ1) is 13.2. The molecule has 1 aromatic carbocycles. The van der Waals surface area contributed by atoms with E-state index in [4.69, 9.17) is 9.47 Å². The van der Waals surface area contributed by atoms with Crippen molar-refractivity contribution in [1.82, 2.24) is 5.32 Å². The van der Waals surface area contributed by atoms with E-state index in [1.165, 1.54) is 0 Å². The van der Waals surface area contributed by atoms with Crippen molar-refractivity contribution in [3.8, 4) is 5.75 Å². The van der Waals surface area contributed by atoms with Crippen LogP contribution in [0.1, 0.15) is 18.1 Å². The van der Waals surface area contributed by atoms with E-state index in [2.05, 4.69) is 5.32 Å². The van der Waals surface area contributed by atoms with Gasteiger partial charge in [0, 0.05) is 6.92 Å². The molecule has 1 fully saturated rings. The number of benzene rings is 1. The minimum Gasteiger partial charge on any atom is -0.463 e. The second-order valence-corrected chi connectivity index (χ2v) is 6.29. The van der Waals surface area contributed by atoms with Crippen molar-refractivity contribution in [2.45, 2.75) is 49.9 Å². The predicted molar refractivity (Wildman–Crippen MR) is 82.4 cm³/mol. The highest BCUT2D eigenvalue weighted by Gasteiger charge is 2.46. The molecule has 0 spiro atoms. The van der Waals surface area contributed by atoms with Gasteiger partial charge in [0.25, 0.3) is 0 Å². The van der Waals surface area contributed by atoms with E-state index >= 15 is 0 Å². The van der Waals surface area contributed by atoms with Crippen LogP contribution in [0.3, 0.4) is 0 Å². The number of ether oxygens (including phenoxy) is 2. The van der Waals surface area contributed by atoms with Gasteiger partial charge in [0.05, 0.1) is 17.7 Å². The van der Waals surface area contributed by atoms with E-state index < -0.39 is 72.4 Å². The molecule has 7 nitrogen and oxygen atoms in total. The number of carbonyl (C=O) groups excluding carboxylic acids is 1. The number of hydrogen-bond donors (Lipinski definition) is 4. The van der Waals surface area contributed by atoms with Gasteiger partial charge in [-0.15, -0.1) is 0 Å². The van der Waals surface area contributed by atoms with Crippen molar-refractivity contribution in [1.29, 1.82) is 0 Å². The van der Waals surface area contributed by atoms with E-state index in [9.17, 15) is 46.5 Å². The number of hydrogen-bond acceptors (Lipinski definition) is 6. The Morgan fingerprint density at radius 2 is 1.59 bits per heavy atom. The number of aliphatic hydroxyl groups is 3. The number of alkyl halides is 6. The topological polar surface area (TPSA) is 108 Å². The molecule has 2 rings (SSSR count). The quantitative estimate of drug-likeness (QED) is 0.529. The zero-order valence-electron chi connectivity index (χ0n) is 14.7. The Morgan fingerprint density at radius 1 is 1.07 bits per heavy atom. The summed E-state index contributed by atoms with van der Waals surface area (Å²) in [5.74, 6) is -1.66. The standard InChI is InChI=1S/C16H17F6NO6/c1-6(25)23-11-13(27)12(26)10(5-24)29-14(11)28-9-3-7(15(17,18)19)2-8(4-9)16(20,21)22/h2-4,10-14,24,26-27H,5H2,1H3,(H,23,25)/t10-,11-,12+,13-,14-/m0/s1. The molecule has 1 aliphatic heterocycles. The molecule has 0 unspecified atom stereocenters. The predicted octanol–water partition coefficient (Wildman–Crippen LogP) is 1.05. The average molecular weight is 433 g/mol. The van der Waals surface area contributed by atoms with E-state index in [0.717, 1.165) is 6.92 Å². The number of nitrogens with one attached hydrogen (secondary N) is 1. The van der Waals surface area contributed by atoms with E-state index in [1.54, 1.807) is 0 Å².